The molecule has 0 unspecified atom stereocenters. The van der Waals surface area contributed by atoms with Gasteiger partial charge in [-0.15, -0.1) is 10.2 Å². The average molecular weight is 360 g/mol. The molecule has 22 heavy (non-hydrogen) atoms. The molecule has 0 atom stereocenters. The predicted molar refractivity (Wildman–Crippen MR) is 90.9 cm³/mol. The summed E-state index contributed by atoms with van der Waals surface area (Å²) in [7, 11) is 0. The zero-order chi connectivity index (χ0) is 16.1. The smallest absolute Gasteiger partial charge is 0.238 e. The highest BCUT2D eigenvalue weighted by atomic mass is 32.2. The fourth-order valence-electron chi connectivity index (χ4n) is 1.77. The standard InChI is InChI=1S/C12H17N5O2S3/c1-8(2)17-7-14-15-11(17)21-5-9(18)13-3-4-16-10(19)6-22-12(16)20/h7-8H,3-6H2,1-2H3,(H,13,18). The van der Waals surface area contributed by atoms with Crippen molar-refractivity contribution in [3.63, 3.8) is 0 Å². The fourth-order valence-corrected chi connectivity index (χ4v) is 3.77. The van der Waals surface area contributed by atoms with Crippen molar-refractivity contribution < 1.29 is 9.59 Å². The van der Waals surface area contributed by atoms with Crippen molar-refractivity contribution in [2.45, 2.75) is 25.0 Å². The van der Waals surface area contributed by atoms with Gasteiger partial charge in [0.05, 0.1) is 11.5 Å². The van der Waals surface area contributed by atoms with E-state index in [1.807, 2.05) is 18.4 Å². The van der Waals surface area contributed by atoms with E-state index in [9.17, 15) is 9.59 Å². The second-order valence-electron chi connectivity index (χ2n) is 4.85. The van der Waals surface area contributed by atoms with E-state index >= 15 is 0 Å². The van der Waals surface area contributed by atoms with Crippen LogP contribution in [0.25, 0.3) is 0 Å². The normalized spacial score (nSPS) is 15.0. The largest absolute Gasteiger partial charge is 0.354 e. The maximum Gasteiger partial charge on any atom is 0.238 e. The van der Waals surface area contributed by atoms with Crippen molar-refractivity contribution in [3.8, 4) is 0 Å². The Labute approximate surface area is 142 Å². The Morgan fingerprint density at radius 1 is 1.59 bits per heavy atom. The molecule has 1 N–H and O–H groups in total. The van der Waals surface area contributed by atoms with E-state index < -0.39 is 0 Å². The summed E-state index contributed by atoms with van der Waals surface area (Å²) in [6.07, 6.45) is 1.66. The van der Waals surface area contributed by atoms with Crippen LogP contribution in [-0.2, 0) is 9.59 Å². The number of hydrogen-bond donors (Lipinski definition) is 1. The maximum absolute atomic E-state index is 11.8. The summed E-state index contributed by atoms with van der Waals surface area (Å²) in [4.78, 5) is 24.9. The van der Waals surface area contributed by atoms with Gasteiger partial charge in [0, 0.05) is 19.1 Å². The van der Waals surface area contributed by atoms with Gasteiger partial charge in [0.25, 0.3) is 0 Å². The molecule has 2 amide bonds. The summed E-state index contributed by atoms with van der Waals surface area (Å²) >= 11 is 7.77. The Hall–Kier alpha value is -1.13. The van der Waals surface area contributed by atoms with E-state index in [-0.39, 0.29) is 23.6 Å². The minimum atomic E-state index is -0.103. The van der Waals surface area contributed by atoms with E-state index in [2.05, 4.69) is 15.5 Å². The zero-order valence-electron chi connectivity index (χ0n) is 12.3. The first kappa shape index (κ1) is 17.2. The Kier molecular flexibility index (Phi) is 6.21. The Morgan fingerprint density at radius 3 is 3.00 bits per heavy atom. The molecule has 120 valence electrons. The molecule has 10 heteroatoms. The van der Waals surface area contributed by atoms with Crippen LogP contribution in [0.5, 0.6) is 0 Å². The van der Waals surface area contributed by atoms with E-state index in [4.69, 9.17) is 12.2 Å². The van der Waals surface area contributed by atoms with Gasteiger partial charge in [0.1, 0.15) is 10.6 Å². The van der Waals surface area contributed by atoms with Crippen LogP contribution in [0.1, 0.15) is 19.9 Å². The summed E-state index contributed by atoms with van der Waals surface area (Å²) in [5.41, 5.74) is 0. The van der Waals surface area contributed by atoms with Crippen molar-refractivity contribution in [1.82, 2.24) is 25.0 Å². The molecule has 2 heterocycles. The van der Waals surface area contributed by atoms with Gasteiger partial charge in [0.2, 0.25) is 11.8 Å². The number of amides is 2. The van der Waals surface area contributed by atoms with Gasteiger partial charge in [0.15, 0.2) is 5.16 Å². The molecule has 0 spiro atoms. The molecule has 1 aliphatic rings. The van der Waals surface area contributed by atoms with Gasteiger partial charge in [-0.05, 0) is 13.8 Å². The van der Waals surface area contributed by atoms with Gasteiger partial charge in [-0.3, -0.25) is 14.5 Å². The number of rotatable bonds is 7. The van der Waals surface area contributed by atoms with Crippen LogP contribution < -0.4 is 5.32 Å². The number of hydrogen-bond acceptors (Lipinski definition) is 7. The van der Waals surface area contributed by atoms with E-state index in [0.717, 1.165) is 5.16 Å². The topological polar surface area (TPSA) is 80.1 Å². The molecule has 1 aromatic rings. The van der Waals surface area contributed by atoms with Gasteiger partial charge in [-0.1, -0.05) is 35.7 Å². The monoisotopic (exact) mass is 359 g/mol. The second kappa shape index (κ2) is 7.93. The van der Waals surface area contributed by atoms with Crippen LogP contribution >= 0.6 is 35.7 Å². The molecule has 0 bridgehead atoms. The van der Waals surface area contributed by atoms with E-state index in [0.29, 0.717) is 23.2 Å². The lowest BCUT2D eigenvalue weighted by Gasteiger charge is -2.15. The van der Waals surface area contributed by atoms with Crippen LogP contribution in [-0.4, -0.2) is 60.4 Å². The van der Waals surface area contributed by atoms with Crippen LogP contribution in [0.2, 0.25) is 0 Å². The highest BCUT2D eigenvalue weighted by Crippen LogP contribution is 2.19. The molecule has 1 aliphatic heterocycles. The Balaban J connectivity index is 1.71. The van der Waals surface area contributed by atoms with Crippen LogP contribution in [0.15, 0.2) is 11.5 Å². The van der Waals surface area contributed by atoms with Crippen LogP contribution in [0.3, 0.4) is 0 Å². The lowest BCUT2D eigenvalue weighted by molar-refractivity contribution is -0.124. The number of thiocarbonyl (C=S) groups is 1. The fraction of sp³-hybridized carbons (Fsp3) is 0.583. The first-order valence-corrected chi connectivity index (χ1v) is 9.13. The molecule has 1 saturated heterocycles. The lowest BCUT2D eigenvalue weighted by Crippen LogP contribution is -2.37. The molecule has 2 rings (SSSR count). The number of carbonyl (C=O) groups excluding carboxylic acids is 2. The molecule has 0 saturated carbocycles. The number of nitrogens with one attached hydrogen (secondary N) is 1. The first-order valence-electron chi connectivity index (χ1n) is 6.75. The van der Waals surface area contributed by atoms with E-state index in [1.54, 1.807) is 6.33 Å². The van der Waals surface area contributed by atoms with Gasteiger partial charge in [-0.2, -0.15) is 0 Å². The highest BCUT2D eigenvalue weighted by Gasteiger charge is 2.25. The Bertz CT molecular complexity index is 559. The van der Waals surface area contributed by atoms with Crippen LogP contribution in [0, 0.1) is 0 Å². The van der Waals surface area contributed by atoms with Crippen LogP contribution in [0.4, 0.5) is 0 Å². The van der Waals surface area contributed by atoms with Crippen molar-refractivity contribution in [1.29, 1.82) is 0 Å². The molecule has 1 fully saturated rings. The summed E-state index contributed by atoms with van der Waals surface area (Å²) in [5, 5.41) is 11.3. The SMILES string of the molecule is CC(C)n1cnnc1SCC(=O)NCCN1C(=O)CSC1=S. The lowest BCUT2D eigenvalue weighted by atomic mass is 10.4. The molecule has 7 nitrogen and oxygen atoms in total. The molecular weight excluding hydrogens is 342 g/mol. The number of aromatic nitrogens is 3. The molecule has 0 aromatic carbocycles. The summed E-state index contributed by atoms with van der Waals surface area (Å²) < 4.78 is 2.50. The summed E-state index contributed by atoms with van der Waals surface area (Å²) in [6.45, 7) is 4.87. The summed E-state index contributed by atoms with van der Waals surface area (Å²) in [5.74, 6) is 0.559. The number of thioether (sulfide) groups is 2. The Morgan fingerprint density at radius 2 is 2.36 bits per heavy atom. The van der Waals surface area contributed by atoms with Crippen molar-refractivity contribution in [2.24, 2.45) is 0 Å². The van der Waals surface area contributed by atoms with Gasteiger partial charge in [-0.25, -0.2) is 0 Å². The van der Waals surface area contributed by atoms with Crippen molar-refractivity contribution >= 4 is 51.9 Å². The average Bonchev–Trinajstić information content (AvgIpc) is 3.06. The van der Waals surface area contributed by atoms with Crippen molar-refractivity contribution in [2.75, 3.05) is 24.6 Å². The third-order valence-electron chi connectivity index (χ3n) is 2.93. The minimum absolute atomic E-state index is 0.00339. The van der Waals surface area contributed by atoms with E-state index in [1.165, 1.54) is 28.4 Å². The quantitative estimate of drug-likeness (QED) is 0.573. The predicted octanol–water partition coefficient (Wildman–Crippen LogP) is 0.928. The molecular formula is C12H17N5O2S3. The molecule has 0 aliphatic carbocycles. The first-order chi connectivity index (χ1) is 10.5. The second-order valence-corrected chi connectivity index (χ2v) is 7.40. The third kappa shape index (κ3) is 4.43. The maximum atomic E-state index is 11.8. The minimum Gasteiger partial charge on any atom is -0.354 e. The molecule has 1 aromatic heterocycles. The number of carbonyl (C=O) groups is 2. The van der Waals surface area contributed by atoms with Crippen molar-refractivity contribution in [3.05, 3.63) is 6.33 Å². The zero-order valence-corrected chi connectivity index (χ0v) is 14.8. The summed E-state index contributed by atoms with van der Waals surface area (Å²) in [6, 6.07) is 0.250. The number of nitrogens with zero attached hydrogens (tertiary/aromatic N) is 4. The highest BCUT2D eigenvalue weighted by molar-refractivity contribution is 8.23. The van der Waals surface area contributed by atoms with Gasteiger partial charge < -0.3 is 9.88 Å². The van der Waals surface area contributed by atoms with Gasteiger partial charge >= 0.3 is 0 Å². The molecule has 0 radical (unpaired) electrons. The third-order valence-corrected chi connectivity index (χ3v) is 5.32.